The van der Waals surface area contributed by atoms with Gasteiger partial charge in [-0.25, -0.2) is 9.97 Å². The van der Waals surface area contributed by atoms with Crippen LogP contribution in [0.2, 0.25) is 0 Å². The second-order valence-corrected chi connectivity index (χ2v) is 5.43. The molecule has 1 aromatic rings. The van der Waals surface area contributed by atoms with Crippen LogP contribution in [0.5, 0.6) is 0 Å². The lowest BCUT2D eigenvalue weighted by Gasteiger charge is -2.36. The van der Waals surface area contributed by atoms with Crippen LogP contribution < -0.4 is 5.32 Å². The lowest BCUT2D eigenvalue weighted by atomic mass is 9.94. The number of nitrogens with zero attached hydrogens (tertiary/aromatic N) is 2. The first-order valence-electron chi connectivity index (χ1n) is 7.01. The minimum absolute atomic E-state index is 0.122. The van der Waals surface area contributed by atoms with Gasteiger partial charge in [-0.1, -0.05) is 0 Å². The first kappa shape index (κ1) is 12.8. The van der Waals surface area contributed by atoms with E-state index in [1.165, 1.54) is 12.8 Å². The van der Waals surface area contributed by atoms with Crippen LogP contribution in [0.1, 0.15) is 37.4 Å². The van der Waals surface area contributed by atoms with Gasteiger partial charge in [-0.05, 0) is 18.9 Å². The average Bonchev–Trinajstić information content (AvgIpc) is 3.31. The number of anilines is 1. The molecule has 1 N–H and O–H groups in total. The van der Waals surface area contributed by atoms with Crippen molar-refractivity contribution in [1.82, 2.24) is 9.97 Å². The first-order valence-corrected chi connectivity index (χ1v) is 7.01. The number of ether oxygens (including phenoxy) is 2. The fraction of sp³-hybridized carbons (Fsp3) is 0.714. The quantitative estimate of drug-likeness (QED) is 0.880. The molecule has 1 saturated heterocycles. The Morgan fingerprint density at radius 1 is 1.42 bits per heavy atom. The molecule has 2 heterocycles. The highest BCUT2D eigenvalue weighted by atomic mass is 16.5. The lowest BCUT2D eigenvalue weighted by molar-refractivity contribution is -0.0807. The Balaban J connectivity index is 1.62. The van der Waals surface area contributed by atoms with E-state index < -0.39 is 0 Å². The maximum atomic E-state index is 5.70. The van der Waals surface area contributed by atoms with Crippen LogP contribution in [-0.2, 0) is 9.47 Å². The molecule has 1 aliphatic carbocycles. The minimum atomic E-state index is -0.122. The van der Waals surface area contributed by atoms with Crippen LogP contribution in [0.3, 0.4) is 0 Å². The number of rotatable bonds is 5. The predicted octanol–water partition coefficient (Wildman–Crippen LogP) is 1.96. The van der Waals surface area contributed by atoms with Gasteiger partial charge in [-0.2, -0.15) is 0 Å². The fourth-order valence-corrected chi connectivity index (χ4v) is 2.46. The molecule has 5 nitrogen and oxygen atoms in total. The van der Waals surface area contributed by atoms with E-state index in [9.17, 15) is 0 Å². The van der Waals surface area contributed by atoms with E-state index in [0.717, 1.165) is 44.2 Å². The summed E-state index contributed by atoms with van der Waals surface area (Å²) in [7, 11) is 1.78. The SMILES string of the molecule is COC1(CNc2ccnc(C3CC3)n2)CCOCC1. The summed E-state index contributed by atoms with van der Waals surface area (Å²) in [5.41, 5.74) is -0.122. The Hall–Kier alpha value is -1.20. The topological polar surface area (TPSA) is 56.3 Å². The molecule has 19 heavy (non-hydrogen) atoms. The predicted molar refractivity (Wildman–Crippen MR) is 72.3 cm³/mol. The summed E-state index contributed by atoms with van der Waals surface area (Å²) >= 11 is 0. The molecule has 0 atom stereocenters. The van der Waals surface area contributed by atoms with Gasteiger partial charge in [0.15, 0.2) is 0 Å². The number of methoxy groups -OCH3 is 1. The molecular weight excluding hydrogens is 242 g/mol. The molecule has 1 aliphatic heterocycles. The number of nitrogens with one attached hydrogen (secondary N) is 1. The van der Waals surface area contributed by atoms with Crippen molar-refractivity contribution in [2.45, 2.75) is 37.2 Å². The second kappa shape index (κ2) is 5.43. The van der Waals surface area contributed by atoms with Gasteiger partial charge >= 0.3 is 0 Å². The number of hydrogen-bond acceptors (Lipinski definition) is 5. The summed E-state index contributed by atoms with van der Waals surface area (Å²) in [4.78, 5) is 8.91. The van der Waals surface area contributed by atoms with Gasteiger partial charge in [-0.3, -0.25) is 0 Å². The zero-order valence-corrected chi connectivity index (χ0v) is 11.4. The third kappa shape index (κ3) is 3.04. The van der Waals surface area contributed by atoms with Crippen LogP contribution in [0.4, 0.5) is 5.82 Å². The van der Waals surface area contributed by atoms with Gasteiger partial charge in [0.25, 0.3) is 0 Å². The highest BCUT2D eigenvalue weighted by molar-refractivity contribution is 5.34. The molecule has 0 aromatic carbocycles. The van der Waals surface area contributed by atoms with Gasteiger partial charge in [0.1, 0.15) is 11.6 Å². The summed E-state index contributed by atoms with van der Waals surface area (Å²) in [6.07, 6.45) is 6.15. The summed E-state index contributed by atoms with van der Waals surface area (Å²) < 4.78 is 11.1. The van der Waals surface area contributed by atoms with Crippen LogP contribution in [0, 0.1) is 0 Å². The molecule has 1 saturated carbocycles. The third-order valence-corrected chi connectivity index (χ3v) is 4.05. The number of hydrogen-bond donors (Lipinski definition) is 1. The molecule has 0 radical (unpaired) electrons. The van der Waals surface area contributed by atoms with Crippen molar-refractivity contribution in [1.29, 1.82) is 0 Å². The van der Waals surface area contributed by atoms with Gasteiger partial charge < -0.3 is 14.8 Å². The zero-order chi connectivity index (χ0) is 13.1. The highest BCUT2D eigenvalue weighted by Gasteiger charge is 2.32. The van der Waals surface area contributed by atoms with Crippen molar-refractivity contribution in [3.8, 4) is 0 Å². The molecule has 104 valence electrons. The third-order valence-electron chi connectivity index (χ3n) is 4.05. The van der Waals surface area contributed by atoms with Crippen molar-refractivity contribution in [2.24, 2.45) is 0 Å². The number of aromatic nitrogens is 2. The van der Waals surface area contributed by atoms with E-state index in [2.05, 4.69) is 15.3 Å². The highest BCUT2D eigenvalue weighted by Crippen LogP contribution is 2.38. The van der Waals surface area contributed by atoms with Crippen LogP contribution >= 0.6 is 0 Å². The van der Waals surface area contributed by atoms with Crippen molar-refractivity contribution < 1.29 is 9.47 Å². The summed E-state index contributed by atoms with van der Waals surface area (Å²) in [5.74, 6) is 2.46. The van der Waals surface area contributed by atoms with Crippen molar-refractivity contribution in [3.63, 3.8) is 0 Å². The standard InChI is InChI=1S/C14H21N3O2/c1-18-14(5-8-19-9-6-14)10-16-12-4-7-15-13(17-12)11-2-3-11/h4,7,11H,2-3,5-6,8-10H2,1H3,(H,15,16,17). The second-order valence-electron chi connectivity index (χ2n) is 5.43. The Morgan fingerprint density at radius 3 is 2.89 bits per heavy atom. The maximum Gasteiger partial charge on any atom is 0.133 e. The van der Waals surface area contributed by atoms with Crippen LogP contribution in [0.25, 0.3) is 0 Å². The molecule has 5 heteroatoms. The van der Waals surface area contributed by atoms with Gasteiger partial charge in [-0.15, -0.1) is 0 Å². The lowest BCUT2D eigenvalue weighted by Crippen LogP contribution is -2.44. The molecule has 2 aliphatic rings. The summed E-state index contributed by atoms with van der Waals surface area (Å²) in [6.45, 7) is 2.31. The van der Waals surface area contributed by atoms with Crippen molar-refractivity contribution in [2.75, 3.05) is 32.2 Å². The van der Waals surface area contributed by atoms with E-state index in [1.54, 1.807) is 7.11 Å². The Bertz CT molecular complexity index is 428. The monoisotopic (exact) mass is 263 g/mol. The maximum absolute atomic E-state index is 5.70. The smallest absolute Gasteiger partial charge is 0.133 e. The van der Waals surface area contributed by atoms with E-state index in [4.69, 9.17) is 9.47 Å². The van der Waals surface area contributed by atoms with Gasteiger partial charge in [0, 0.05) is 51.8 Å². The van der Waals surface area contributed by atoms with E-state index in [1.807, 2.05) is 12.3 Å². The van der Waals surface area contributed by atoms with Crippen LogP contribution in [-0.4, -0.2) is 42.4 Å². The van der Waals surface area contributed by atoms with Gasteiger partial charge in [0.2, 0.25) is 0 Å². The summed E-state index contributed by atoms with van der Waals surface area (Å²) in [5, 5.41) is 3.40. The molecule has 0 bridgehead atoms. The normalized spacial score (nSPS) is 22.2. The first-order chi connectivity index (χ1) is 9.31. The average molecular weight is 263 g/mol. The molecular formula is C14H21N3O2. The Labute approximate surface area is 113 Å². The van der Waals surface area contributed by atoms with E-state index >= 15 is 0 Å². The molecule has 3 rings (SSSR count). The Kier molecular flexibility index (Phi) is 3.66. The van der Waals surface area contributed by atoms with Gasteiger partial charge in [0.05, 0.1) is 5.60 Å². The van der Waals surface area contributed by atoms with E-state index in [0.29, 0.717) is 5.92 Å². The largest absolute Gasteiger partial charge is 0.381 e. The zero-order valence-electron chi connectivity index (χ0n) is 11.4. The molecule has 2 fully saturated rings. The summed E-state index contributed by atoms with van der Waals surface area (Å²) in [6, 6.07) is 1.93. The van der Waals surface area contributed by atoms with Crippen molar-refractivity contribution >= 4 is 5.82 Å². The molecule has 0 unspecified atom stereocenters. The molecule has 0 spiro atoms. The molecule has 1 aromatic heterocycles. The van der Waals surface area contributed by atoms with E-state index in [-0.39, 0.29) is 5.60 Å². The van der Waals surface area contributed by atoms with Crippen molar-refractivity contribution in [3.05, 3.63) is 18.1 Å². The van der Waals surface area contributed by atoms with Crippen LogP contribution in [0.15, 0.2) is 12.3 Å². The fourth-order valence-electron chi connectivity index (χ4n) is 2.46. The Morgan fingerprint density at radius 2 is 2.21 bits per heavy atom. The molecule has 0 amide bonds. The minimum Gasteiger partial charge on any atom is -0.381 e.